The average Bonchev–Trinajstić information content (AvgIpc) is 2.83. The minimum absolute atomic E-state index is 0.379. The van der Waals surface area contributed by atoms with Gasteiger partial charge in [0.25, 0.3) is 0 Å². The molecule has 0 unspecified atom stereocenters. The first kappa shape index (κ1) is 22.2. The lowest BCUT2D eigenvalue weighted by molar-refractivity contribution is 0.262. The second-order valence-electron chi connectivity index (χ2n) is 7.06. The van der Waals surface area contributed by atoms with Gasteiger partial charge in [0.15, 0.2) is 11.5 Å². The Morgan fingerprint density at radius 3 is 2.52 bits per heavy atom. The molecular weight excluding hydrogens is 442 g/mol. The first-order valence-electron chi connectivity index (χ1n) is 10.1. The summed E-state index contributed by atoms with van der Waals surface area (Å²) >= 11 is 6.10. The van der Waals surface area contributed by atoms with E-state index in [-0.39, 0.29) is 6.03 Å². The largest absolute Gasteiger partial charge is 0.493 e. The van der Waals surface area contributed by atoms with Crippen LogP contribution >= 0.6 is 11.6 Å². The summed E-state index contributed by atoms with van der Waals surface area (Å²) in [7, 11) is 3.17. The molecule has 168 valence electrons. The predicted molar refractivity (Wildman–Crippen MR) is 131 cm³/mol. The molecule has 4 rings (SSSR count). The number of nitrogens with one attached hydrogen (secondary N) is 3. The number of carbonyl (C=O) groups is 1. The number of fused-ring (bicyclic) bond motifs is 1. The second-order valence-corrected chi connectivity index (χ2v) is 7.47. The van der Waals surface area contributed by atoms with E-state index in [0.717, 1.165) is 16.5 Å². The molecule has 0 saturated heterocycles. The number of methoxy groups -OCH3 is 2. The maximum absolute atomic E-state index is 12.3. The van der Waals surface area contributed by atoms with Gasteiger partial charge in [0, 0.05) is 23.7 Å². The molecule has 4 aromatic rings. The fourth-order valence-corrected chi connectivity index (χ4v) is 3.50. The van der Waals surface area contributed by atoms with Gasteiger partial charge in [0.05, 0.1) is 30.4 Å². The lowest BCUT2D eigenvalue weighted by atomic mass is 10.1. The number of benzene rings is 3. The number of para-hydroxylation sites is 1. The molecule has 0 bridgehead atoms. The Kier molecular flexibility index (Phi) is 6.75. The summed E-state index contributed by atoms with van der Waals surface area (Å²) in [5.74, 6) is 1.86. The highest BCUT2D eigenvalue weighted by Crippen LogP contribution is 2.33. The first-order valence-corrected chi connectivity index (χ1v) is 10.5. The molecule has 8 nitrogen and oxygen atoms in total. The molecule has 0 saturated carbocycles. The molecule has 0 aliphatic carbocycles. The van der Waals surface area contributed by atoms with Crippen molar-refractivity contribution >= 4 is 45.7 Å². The number of amides is 2. The van der Waals surface area contributed by atoms with Gasteiger partial charge in [-0.1, -0.05) is 35.9 Å². The Hall–Kier alpha value is -4.04. The molecule has 9 heteroatoms. The third-order valence-electron chi connectivity index (χ3n) is 4.91. The monoisotopic (exact) mass is 463 g/mol. The van der Waals surface area contributed by atoms with E-state index >= 15 is 0 Å². The molecule has 1 heterocycles. The summed E-state index contributed by atoms with van der Waals surface area (Å²) < 4.78 is 10.8. The van der Waals surface area contributed by atoms with Crippen LogP contribution in [0.5, 0.6) is 11.5 Å². The van der Waals surface area contributed by atoms with Gasteiger partial charge in [-0.3, -0.25) is 0 Å². The Morgan fingerprint density at radius 2 is 1.73 bits per heavy atom. The summed E-state index contributed by atoms with van der Waals surface area (Å²) in [5.41, 5.74) is 2.88. The summed E-state index contributed by atoms with van der Waals surface area (Å²) in [5, 5.41) is 10.2. The molecule has 0 atom stereocenters. The topological polar surface area (TPSA) is 97.4 Å². The molecule has 0 radical (unpaired) electrons. The van der Waals surface area contributed by atoms with E-state index in [9.17, 15) is 4.79 Å². The molecule has 1 aromatic heterocycles. The molecule has 2 amide bonds. The van der Waals surface area contributed by atoms with Crippen LogP contribution in [0, 0.1) is 0 Å². The molecule has 0 spiro atoms. The van der Waals surface area contributed by atoms with Crippen LogP contribution < -0.4 is 25.4 Å². The van der Waals surface area contributed by atoms with Crippen molar-refractivity contribution in [3.8, 4) is 11.5 Å². The van der Waals surface area contributed by atoms with E-state index in [0.29, 0.717) is 40.3 Å². The third kappa shape index (κ3) is 5.24. The van der Waals surface area contributed by atoms with Crippen molar-refractivity contribution in [3.05, 3.63) is 77.6 Å². The first-order chi connectivity index (χ1) is 16.1. The van der Waals surface area contributed by atoms with Gasteiger partial charge in [-0.15, -0.1) is 0 Å². The summed E-state index contributed by atoms with van der Waals surface area (Å²) in [4.78, 5) is 21.0. The molecule has 3 N–H and O–H groups in total. The lowest BCUT2D eigenvalue weighted by Crippen LogP contribution is -2.19. The molecule has 0 aliphatic heterocycles. The Labute approximate surface area is 195 Å². The molecule has 0 fully saturated rings. The highest BCUT2D eigenvalue weighted by molar-refractivity contribution is 6.33. The number of rotatable bonds is 7. The number of hydrogen-bond acceptors (Lipinski definition) is 6. The number of nitrogens with zero attached hydrogens (tertiary/aromatic N) is 2. The van der Waals surface area contributed by atoms with Crippen molar-refractivity contribution in [1.82, 2.24) is 9.97 Å². The average molecular weight is 464 g/mol. The van der Waals surface area contributed by atoms with Gasteiger partial charge in [0.2, 0.25) is 0 Å². The third-order valence-corrected chi connectivity index (χ3v) is 5.24. The van der Waals surface area contributed by atoms with E-state index < -0.39 is 0 Å². The molecule has 33 heavy (non-hydrogen) atoms. The predicted octanol–water partition coefficient (Wildman–Crippen LogP) is 5.56. The zero-order chi connectivity index (χ0) is 23.2. The number of ether oxygens (including phenoxy) is 2. The van der Waals surface area contributed by atoms with Gasteiger partial charge >= 0.3 is 6.03 Å². The quantitative estimate of drug-likeness (QED) is 0.332. The number of aromatic nitrogens is 2. The van der Waals surface area contributed by atoms with Crippen LogP contribution in [0.25, 0.3) is 10.9 Å². The van der Waals surface area contributed by atoms with Crippen LogP contribution in [0.1, 0.15) is 5.56 Å². The number of halogens is 1. The number of carbonyl (C=O) groups excluding carboxylic acids is 1. The van der Waals surface area contributed by atoms with E-state index in [4.69, 9.17) is 21.1 Å². The van der Waals surface area contributed by atoms with Gasteiger partial charge in [-0.2, -0.15) is 0 Å². The minimum Gasteiger partial charge on any atom is -0.493 e. The fraction of sp³-hybridized carbons (Fsp3) is 0.125. The van der Waals surface area contributed by atoms with Crippen molar-refractivity contribution in [1.29, 1.82) is 0 Å². The molecule has 0 aliphatic rings. The maximum atomic E-state index is 12.3. The maximum Gasteiger partial charge on any atom is 0.323 e. The SMILES string of the molecule is COc1cc2ncnc(NCc3cccc(NC(=O)Nc4ccccc4Cl)c3)c2cc1OC. The van der Waals surface area contributed by atoms with E-state index in [1.807, 2.05) is 36.4 Å². The number of urea groups is 1. The van der Waals surface area contributed by atoms with Crippen LogP contribution in [0.15, 0.2) is 67.0 Å². The minimum atomic E-state index is -0.379. The van der Waals surface area contributed by atoms with E-state index in [1.54, 1.807) is 38.5 Å². The van der Waals surface area contributed by atoms with Crippen LogP contribution in [-0.4, -0.2) is 30.2 Å². The van der Waals surface area contributed by atoms with E-state index in [2.05, 4.69) is 25.9 Å². The number of anilines is 3. The van der Waals surface area contributed by atoms with Gasteiger partial charge < -0.3 is 25.4 Å². The van der Waals surface area contributed by atoms with Crippen molar-refractivity contribution in [3.63, 3.8) is 0 Å². The Bertz CT molecular complexity index is 1300. The van der Waals surface area contributed by atoms with Crippen molar-refractivity contribution in [2.24, 2.45) is 0 Å². The fourth-order valence-electron chi connectivity index (χ4n) is 3.32. The van der Waals surface area contributed by atoms with Crippen molar-refractivity contribution in [2.75, 3.05) is 30.2 Å². The lowest BCUT2D eigenvalue weighted by Gasteiger charge is -2.13. The van der Waals surface area contributed by atoms with Gasteiger partial charge in [-0.25, -0.2) is 14.8 Å². The van der Waals surface area contributed by atoms with E-state index in [1.165, 1.54) is 6.33 Å². The highest BCUT2D eigenvalue weighted by Gasteiger charge is 2.11. The van der Waals surface area contributed by atoms with Crippen LogP contribution in [0.4, 0.5) is 22.0 Å². The van der Waals surface area contributed by atoms with Crippen molar-refractivity contribution < 1.29 is 14.3 Å². The molecular formula is C24H22ClN5O3. The van der Waals surface area contributed by atoms with Crippen LogP contribution in [0.3, 0.4) is 0 Å². The normalized spacial score (nSPS) is 10.5. The van der Waals surface area contributed by atoms with Gasteiger partial charge in [0.1, 0.15) is 12.1 Å². The standard InChI is InChI=1S/C24H22ClN5O3/c1-32-21-11-17-20(12-22(21)33-2)27-14-28-23(17)26-13-15-6-5-7-16(10-15)29-24(31)30-19-9-4-3-8-18(19)25/h3-12,14H,13H2,1-2H3,(H,26,27,28)(H2,29,30,31). The highest BCUT2D eigenvalue weighted by atomic mass is 35.5. The smallest absolute Gasteiger partial charge is 0.323 e. The van der Waals surface area contributed by atoms with Crippen molar-refractivity contribution in [2.45, 2.75) is 6.54 Å². The summed E-state index contributed by atoms with van der Waals surface area (Å²) in [6.45, 7) is 0.488. The Balaban J connectivity index is 1.46. The summed E-state index contributed by atoms with van der Waals surface area (Å²) in [6.07, 6.45) is 1.49. The summed E-state index contributed by atoms with van der Waals surface area (Å²) in [6, 6.07) is 17.8. The Morgan fingerprint density at radius 1 is 0.939 bits per heavy atom. The zero-order valence-electron chi connectivity index (χ0n) is 18.1. The number of hydrogen-bond donors (Lipinski definition) is 3. The molecule has 3 aromatic carbocycles. The van der Waals surface area contributed by atoms with Crippen LogP contribution in [0.2, 0.25) is 5.02 Å². The van der Waals surface area contributed by atoms with Gasteiger partial charge in [-0.05, 0) is 35.9 Å². The zero-order valence-corrected chi connectivity index (χ0v) is 18.8. The van der Waals surface area contributed by atoms with Crippen LogP contribution in [-0.2, 0) is 6.54 Å². The second kappa shape index (κ2) is 10.1.